The maximum atomic E-state index is 2.45. The zero-order valence-electron chi connectivity index (χ0n) is 21.0. The molecule has 0 atom stereocenters. The fraction of sp³-hybridized carbons (Fsp3) is 0. The number of thiophene rings is 1. The largest absolute Gasteiger partial charge is 0.309 e. The van der Waals surface area contributed by atoms with Gasteiger partial charge in [-0.3, -0.25) is 0 Å². The summed E-state index contributed by atoms with van der Waals surface area (Å²) < 4.78 is 7.50. The van der Waals surface area contributed by atoms with Gasteiger partial charge >= 0.3 is 0 Å². The van der Waals surface area contributed by atoms with E-state index in [2.05, 4.69) is 143 Å². The normalized spacial score (nSPS) is 12.1. The van der Waals surface area contributed by atoms with Crippen LogP contribution < -0.4 is 0 Å². The van der Waals surface area contributed by atoms with Crippen LogP contribution in [0.25, 0.3) is 75.2 Å². The molecule has 0 aliphatic rings. The topological polar surface area (TPSA) is 9.86 Å². The van der Waals surface area contributed by atoms with Gasteiger partial charge in [0.25, 0.3) is 0 Å². The Hall–Kier alpha value is -4.86. The van der Waals surface area contributed by atoms with E-state index in [0.717, 1.165) is 0 Å². The summed E-state index contributed by atoms with van der Waals surface area (Å²) in [5.74, 6) is 0. The SMILES string of the molecule is c1ccc(-n2c3ccccc3c3cc4c5ccccc5n(-c5ccc6c(c5)sc5ccccc56)c4cc32)cc1. The lowest BCUT2D eigenvalue weighted by atomic mass is 10.1. The smallest absolute Gasteiger partial charge is 0.0562 e. The average Bonchev–Trinajstić information content (AvgIpc) is 3.63. The molecule has 0 amide bonds. The van der Waals surface area contributed by atoms with Crippen molar-refractivity contribution in [2.45, 2.75) is 0 Å². The van der Waals surface area contributed by atoms with Crippen LogP contribution in [0.4, 0.5) is 0 Å². The Morgan fingerprint density at radius 3 is 1.62 bits per heavy atom. The molecule has 0 aliphatic carbocycles. The van der Waals surface area contributed by atoms with E-state index in [1.54, 1.807) is 0 Å². The summed E-state index contributed by atoms with van der Waals surface area (Å²) in [7, 11) is 0. The van der Waals surface area contributed by atoms with Crippen molar-refractivity contribution in [3.05, 3.63) is 133 Å². The molecule has 182 valence electrons. The zero-order valence-corrected chi connectivity index (χ0v) is 21.8. The molecule has 3 heterocycles. The molecule has 0 aliphatic heterocycles. The monoisotopic (exact) mass is 514 g/mol. The van der Waals surface area contributed by atoms with Gasteiger partial charge < -0.3 is 9.13 Å². The standard InChI is InChI=1S/C36H22N2S/c1-2-10-23(11-3-1)37-31-15-7-4-12-25(31)29-21-30-26-13-5-8-16-32(26)38(34(30)22-33(29)37)24-18-19-28-27-14-6-9-17-35(27)39-36(28)20-24/h1-22H. The number of hydrogen-bond acceptors (Lipinski definition) is 1. The van der Waals surface area contributed by atoms with Gasteiger partial charge in [-0.2, -0.15) is 0 Å². The third-order valence-corrected chi connectivity index (χ3v) is 9.23. The van der Waals surface area contributed by atoms with Crippen molar-refractivity contribution in [1.29, 1.82) is 0 Å². The Morgan fingerprint density at radius 2 is 0.897 bits per heavy atom. The molecule has 3 aromatic heterocycles. The van der Waals surface area contributed by atoms with Crippen molar-refractivity contribution in [2.24, 2.45) is 0 Å². The van der Waals surface area contributed by atoms with Crippen LogP contribution in [-0.2, 0) is 0 Å². The van der Waals surface area contributed by atoms with Gasteiger partial charge in [-0.05, 0) is 54.6 Å². The highest BCUT2D eigenvalue weighted by molar-refractivity contribution is 7.25. The lowest BCUT2D eigenvalue weighted by molar-refractivity contribution is 1.17. The number of nitrogens with zero attached hydrogens (tertiary/aromatic N) is 2. The Bertz CT molecular complexity index is 2390. The molecule has 9 rings (SSSR count). The van der Waals surface area contributed by atoms with E-state index in [1.807, 2.05) is 11.3 Å². The number of benzene rings is 6. The van der Waals surface area contributed by atoms with Gasteiger partial charge in [0.15, 0.2) is 0 Å². The van der Waals surface area contributed by atoms with E-state index < -0.39 is 0 Å². The molecule has 0 fully saturated rings. The Kier molecular flexibility index (Phi) is 4.24. The van der Waals surface area contributed by atoms with E-state index in [4.69, 9.17) is 0 Å². The predicted octanol–water partition coefficient (Wildman–Crippen LogP) is 10.2. The summed E-state index contributed by atoms with van der Waals surface area (Å²) in [5.41, 5.74) is 7.29. The van der Waals surface area contributed by atoms with E-state index >= 15 is 0 Å². The molecule has 9 aromatic rings. The maximum absolute atomic E-state index is 2.45. The molecular formula is C36H22N2S. The molecule has 0 spiro atoms. The fourth-order valence-corrected chi connectivity index (χ4v) is 7.56. The third-order valence-electron chi connectivity index (χ3n) is 8.10. The van der Waals surface area contributed by atoms with Gasteiger partial charge in [0.05, 0.1) is 22.1 Å². The van der Waals surface area contributed by atoms with Gasteiger partial charge in [0, 0.05) is 53.1 Å². The van der Waals surface area contributed by atoms with Crippen LogP contribution in [0.2, 0.25) is 0 Å². The van der Waals surface area contributed by atoms with Crippen molar-refractivity contribution in [3.63, 3.8) is 0 Å². The maximum Gasteiger partial charge on any atom is 0.0562 e. The number of rotatable bonds is 2. The van der Waals surface area contributed by atoms with E-state index in [-0.39, 0.29) is 0 Å². The second-order valence-corrected chi connectivity index (χ2v) is 11.3. The molecule has 0 bridgehead atoms. The minimum Gasteiger partial charge on any atom is -0.309 e. The van der Waals surface area contributed by atoms with E-state index in [0.29, 0.717) is 0 Å². The minimum atomic E-state index is 1.18. The first kappa shape index (κ1) is 21.1. The van der Waals surface area contributed by atoms with Crippen molar-refractivity contribution < 1.29 is 0 Å². The molecule has 0 saturated heterocycles. The summed E-state index contributed by atoms with van der Waals surface area (Å²) in [6, 6.07) is 48.7. The highest BCUT2D eigenvalue weighted by Crippen LogP contribution is 2.41. The van der Waals surface area contributed by atoms with Crippen LogP contribution in [0.1, 0.15) is 0 Å². The van der Waals surface area contributed by atoms with Gasteiger partial charge in [0.1, 0.15) is 0 Å². The molecular weight excluding hydrogens is 492 g/mol. The number of aromatic nitrogens is 2. The first-order valence-corrected chi connectivity index (χ1v) is 14.1. The predicted molar refractivity (Wildman–Crippen MR) is 168 cm³/mol. The average molecular weight is 515 g/mol. The van der Waals surface area contributed by atoms with Crippen LogP contribution in [0.15, 0.2) is 133 Å². The highest BCUT2D eigenvalue weighted by Gasteiger charge is 2.18. The lowest BCUT2D eigenvalue weighted by Crippen LogP contribution is -1.95. The van der Waals surface area contributed by atoms with E-state index in [1.165, 1.54) is 75.2 Å². The van der Waals surface area contributed by atoms with Gasteiger partial charge in [-0.25, -0.2) is 0 Å². The van der Waals surface area contributed by atoms with Gasteiger partial charge in [-0.15, -0.1) is 11.3 Å². The number of hydrogen-bond donors (Lipinski definition) is 0. The molecule has 6 aromatic carbocycles. The molecule has 3 heteroatoms. The molecule has 0 N–H and O–H groups in total. The fourth-order valence-electron chi connectivity index (χ4n) is 6.42. The Labute approximate surface area is 228 Å². The molecule has 0 radical (unpaired) electrons. The summed E-state index contributed by atoms with van der Waals surface area (Å²) >= 11 is 1.87. The summed E-state index contributed by atoms with van der Waals surface area (Å²) in [4.78, 5) is 0. The van der Waals surface area contributed by atoms with Crippen molar-refractivity contribution in [2.75, 3.05) is 0 Å². The number of para-hydroxylation sites is 3. The first-order valence-electron chi connectivity index (χ1n) is 13.3. The van der Waals surface area contributed by atoms with Gasteiger partial charge in [-0.1, -0.05) is 78.9 Å². The zero-order chi connectivity index (χ0) is 25.5. The summed E-state index contributed by atoms with van der Waals surface area (Å²) in [6.45, 7) is 0. The number of fused-ring (bicyclic) bond motifs is 9. The van der Waals surface area contributed by atoms with Crippen LogP contribution in [0.3, 0.4) is 0 Å². The molecule has 2 nitrogen and oxygen atoms in total. The Balaban J connectivity index is 1.42. The van der Waals surface area contributed by atoms with Crippen LogP contribution in [-0.4, -0.2) is 9.13 Å². The lowest BCUT2D eigenvalue weighted by Gasteiger charge is -2.10. The second-order valence-electron chi connectivity index (χ2n) is 10.2. The van der Waals surface area contributed by atoms with E-state index in [9.17, 15) is 0 Å². The second kappa shape index (κ2) is 7.83. The summed E-state index contributed by atoms with van der Waals surface area (Å²) in [6.07, 6.45) is 0. The van der Waals surface area contributed by atoms with Crippen molar-refractivity contribution >= 4 is 75.1 Å². The Morgan fingerprint density at radius 1 is 0.333 bits per heavy atom. The van der Waals surface area contributed by atoms with Crippen LogP contribution >= 0.6 is 11.3 Å². The van der Waals surface area contributed by atoms with Crippen molar-refractivity contribution in [3.8, 4) is 11.4 Å². The molecule has 0 unspecified atom stereocenters. The van der Waals surface area contributed by atoms with Gasteiger partial charge in [0.2, 0.25) is 0 Å². The minimum absolute atomic E-state index is 1.18. The summed E-state index contributed by atoms with van der Waals surface area (Å²) in [5, 5.41) is 7.78. The quantitative estimate of drug-likeness (QED) is 0.217. The first-order chi connectivity index (χ1) is 19.3. The van der Waals surface area contributed by atoms with Crippen molar-refractivity contribution in [1.82, 2.24) is 9.13 Å². The molecule has 0 saturated carbocycles. The van der Waals surface area contributed by atoms with Crippen LogP contribution in [0, 0.1) is 0 Å². The molecule has 39 heavy (non-hydrogen) atoms. The third kappa shape index (κ3) is 2.91. The highest BCUT2D eigenvalue weighted by atomic mass is 32.1. The van der Waals surface area contributed by atoms with Crippen LogP contribution in [0.5, 0.6) is 0 Å².